The Bertz CT molecular complexity index is 383. The Kier molecular flexibility index (Phi) is 3.66. The number of aromatic hydroxyl groups is 1. The standard InChI is InChI=1S/C13H18O4/c1-2-5-13(16-6-7-17-13)11-3-4-12(15)10(8-11)9-14/h3-4,8,14-15H,2,5-7,9H2,1H3. The summed E-state index contributed by atoms with van der Waals surface area (Å²) in [6, 6.07) is 5.11. The molecule has 0 spiro atoms. The lowest BCUT2D eigenvalue weighted by Gasteiger charge is -2.28. The van der Waals surface area contributed by atoms with Crippen LogP contribution in [0.2, 0.25) is 0 Å². The van der Waals surface area contributed by atoms with Crippen LogP contribution in [-0.4, -0.2) is 23.4 Å². The average molecular weight is 238 g/mol. The van der Waals surface area contributed by atoms with Crippen LogP contribution in [0.1, 0.15) is 30.9 Å². The van der Waals surface area contributed by atoms with Crippen molar-refractivity contribution in [1.29, 1.82) is 0 Å². The molecule has 0 saturated carbocycles. The van der Waals surface area contributed by atoms with Crippen LogP contribution in [0.3, 0.4) is 0 Å². The summed E-state index contributed by atoms with van der Waals surface area (Å²) in [6.45, 7) is 3.03. The zero-order chi connectivity index (χ0) is 12.3. The number of hydrogen-bond donors (Lipinski definition) is 2. The third-order valence-corrected chi connectivity index (χ3v) is 3.02. The first-order valence-corrected chi connectivity index (χ1v) is 5.93. The molecular formula is C13H18O4. The lowest BCUT2D eigenvalue weighted by Crippen LogP contribution is -2.27. The lowest BCUT2D eigenvalue weighted by molar-refractivity contribution is -0.171. The Balaban J connectivity index is 2.36. The highest BCUT2D eigenvalue weighted by atomic mass is 16.7. The fraction of sp³-hybridized carbons (Fsp3) is 0.538. The first-order chi connectivity index (χ1) is 8.22. The van der Waals surface area contributed by atoms with Crippen molar-refractivity contribution < 1.29 is 19.7 Å². The number of phenols is 1. The summed E-state index contributed by atoms with van der Waals surface area (Å²) < 4.78 is 11.4. The first-order valence-electron chi connectivity index (χ1n) is 5.93. The summed E-state index contributed by atoms with van der Waals surface area (Å²) >= 11 is 0. The Morgan fingerprint density at radius 3 is 2.59 bits per heavy atom. The molecule has 4 heteroatoms. The fourth-order valence-electron chi connectivity index (χ4n) is 2.19. The first kappa shape index (κ1) is 12.4. The largest absolute Gasteiger partial charge is 0.508 e. The van der Waals surface area contributed by atoms with Crippen LogP contribution in [0.4, 0.5) is 0 Å². The van der Waals surface area contributed by atoms with Crippen molar-refractivity contribution in [2.24, 2.45) is 0 Å². The molecule has 2 N–H and O–H groups in total. The van der Waals surface area contributed by atoms with E-state index in [1.165, 1.54) is 0 Å². The highest BCUT2D eigenvalue weighted by molar-refractivity contribution is 5.37. The van der Waals surface area contributed by atoms with E-state index in [1.807, 2.05) is 0 Å². The maximum Gasteiger partial charge on any atom is 0.194 e. The van der Waals surface area contributed by atoms with Gasteiger partial charge in [-0.25, -0.2) is 0 Å². The normalized spacial score (nSPS) is 18.5. The van der Waals surface area contributed by atoms with Crippen LogP contribution in [0, 0.1) is 0 Å². The molecule has 2 rings (SSSR count). The van der Waals surface area contributed by atoms with Gasteiger partial charge < -0.3 is 19.7 Å². The maximum atomic E-state index is 9.55. The van der Waals surface area contributed by atoms with Crippen LogP contribution < -0.4 is 0 Å². The Labute approximate surface area is 101 Å². The quantitative estimate of drug-likeness (QED) is 0.841. The van der Waals surface area contributed by atoms with Crippen molar-refractivity contribution in [3.05, 3.63) is 29.3 Å². The topological polar surface area (TPSA) is 58.9 Å². The van der Waals surface area contributed by atoms with E-state index in [4.69, 9.17) is 14.6 Å². The number of benzene rings is 1. The van der Waals surface area contributed by atoms with Gasteiger partial charge in [0.1, 0.15) is 5.75 Å². The number of hydrogen-bond acceptors (Lipinski definition) is 4. The second-order valence-corrected chi connectivity index (χ2v) is 4.20. The van der Waals surface area contributed by atoms with E-state index in [1.54, 1.807) is 18.2 Å². The summed E-state index contributed by atoms with van der Waals surface area (Å²) in [5, 5.41) is 18.7. The molecule has 1 aromatic rings. The smallest absolute Gasteiger partial charge is 0.194 e. The second kappa shape index (κ2) is 5.04. The summed E-state index contributed by atoms with van der Waals surface area (Å²) in [5.41, 5.74) is 1.36. The van der Waals surface area contributed by atoms with Gasteiger partial charge in [0.15, 0.2) is 5.79 Å². The number of aliphatic hydroxyl groups excluding tert-OH is 1. The molecule has 94 valence electrons. The molecule has 4 nitrogen and oxygen atoms in total. The number of aliphatic hydroxyl groups is 1. The van der Waals surface area contributed by atoms with E-state index in [0.29, 0.717) is 18.8 Å². The zero-order valence-electron chi connectivity index (χ0n) is 9.98. The van der Waals surface area contributed by atoms with Crippen LogP contribution in [0.15, 0.2) is 18.2 Å². The summed E-state index contributed by atoms with van der Waals surface area (Å²) in [4.78, 5) is 0. The molecule has 1 aliphatic heterocycles. The van der Waals surface area contributed by atoms with E-state index in [2.05, 4.69) is 6.92 Å². The molecule has 0 bridgehead atoms. The minimum atomic E-state index is -0.702. The van der Waals surface area contributed by atoms with Crippen LogP contribution in [0.25, 0.3) is 0 Å². The fourth-order valence-corrected chi connectivity index (χ4v) is 2.19. The molecule has 0 amide bonds. The van der Waals surface area contributed by atoms with Crippen LogP contribution in [0.5, 0.6) is 5.75 Å². The molecule has 1 saturated heterocycles. The van der Waals surface area contributed by atoms with Gasteiger partial charge in [0.05, 0.1) is 19.8 Å². The van der Waals surface area contributed by atoms with E-state index in [0.717, 1.165) is 18.4 Å². The predicted octanol–water partition coefficient (Wildman–Crippen LogP) is 1.88. The highest BCUT2D eigenvalue weighted by Gasteiger charge is 2.37. The molecular weight excluding hydrogens is 220 g/mol. The Morgan fingerprint density at radius 1 is 1.29 bits per heavy atom. The van der Waals surface area contributed by atoms with E-state index in [9.17, 15) is 5.11 Å². The molecule has 1 aliphatic rings. The van der Waals surface area contributed by atoms with Crippen molar-refractivity contribution >= 4 is 0 Å². The third kappa shape index (κ3) is 2.29. The van der Waals surface area contributed by atoms with Crippen molar-refractivity contribution in [2.75, 3.05) is 13.2 Å². The molecule has 0 radical (unpaired) electrons. The molecule has 1 fully saturated rings. The van der Waals surface area contributed by atoms with Crippen molar-refractivity contribution in [3.8, 4) is 5.75 Å². The summed E-state index contributed by atoms with van der Waals surface area (Å²) in [7, 11) is 0. The van der Waals surface area contributed by atoms with E-state index in [-0.39, 0.29) is 12.4 Å². The molecule has 1 aromatic carbocycles. The molecule has 0 unspecified atom stereocenters. The minimum absolute atomic E-state index is 0.0981. The predicted molar refractivity (Wildman–Crippen MR) is 62.5 cm³/mol. The van der Waals surface area contributed by atoms with Crippen molar-refractivity contribution in [1.82, 2.24) is 0 Å². The van der Waals surface area contributed by atoms with Gasteiger partial charge >= 0.3 is 0 Å². The van der Waals surface area contributed by atoms with E-state index < -0.39 is 5.79 Å². The molecule has 17 heavy (non-hydrogen) atoms. The summed E-state index contributed by atoms with van der Waals surface area (Å²) in [6.07, 6.45) is 1.71. The van der Waals surface area contributed by atoms with Gasteiger partial charge in [-0.1, -0.05) is 13.3 Å². The van der Waals surface area contributed by atoms with Crippen LogP contribution >= 0.6 is 0 Å². The number of rotatable bonds is 4. The minimum Gasteiger partial charge on any atom is -0.508 e. The highest BCUT2D eigenvalue weighted by Crippen LogP contribution is 2.37. The Hall–Kier alpha value is -1.10. The SMILES string of the molecule is CCCC1(c2ccc(O)c(CO)c2)OCCO1. The van der Waals surface area contributed by atoms with Crippen molar-refractivity contribution in [2.45, 2.75) is 32.2 Å². The van der Waals surface area contributed by atoms with Gasteiger partial charge in [-0.15, -0.1) is 0 Å². The Morgan fingerprint density at radius 2 is 2.00 bits per heavy atom. The maximum absolute atomic E-state index is 9.55. The zero-order valence-corrected chi connectivity index (χ0v) is 9.98. The average Bonchev–Trinajstić information content (AvgIpc) is 2.80. The molecule has 0 aromatic heterocycles. The monoisotopic (exact) mass is 238 g/mol. The van der Waals surface area contributed by atoms with Gasteiger partial charge in [-0.2, -0.15) is 0 Å². The van der Waals surface area contributed by atoms with Gasteiger partial charge in [-0.3, -0.25) is 0 Å². The van der Waals surface area contributed by atoms with E-state index >= 15 is 0 Å². The third-order valence-electron chi connectivity index (χ3n) is 3.02. The van der Waals surface area contributed by atoms with Crippen LogP contribution in [-0.2, 0) is 21.9 Å². The van der Waals surface area contributed by atoms with Gasteiger partial charge in [0.2, 0.25) is 0 Å². The second-order valence-electron chi connectivity index (χ2n) is 4.20. The number of ether oxygens (including phenoxy) is 2. The van der Waals surface area contributed by atoms with Gasteiger partial charge in [0, 0.05) is 17.5 Å². The van der Waals surface area contributed by atoms with Gasteiger partial charge in [-0.05, 0) is 18.2 Å². The lowest BCUT2D eigenvalue weighted by atomic mass is 9.98. The molecule has 0 aliphatic carbocycles. The molecule has 1 heterocycles. The van der Waals surface area contributed by atoms with Crippen molar-refractivity contribution in [3.63, 3.8) is 0 Å². The van der Waals surface area contributed by atoms with Gasteiger partial charge in [0.25, 0.3) is 0 Å². The summed E-state index contributed by atoms with van der Waals surface area (Å²) in [5.74, 6) is -0.604. The molecule has 0 atom stereocenters.